The van der Waals surface area contributed by atoms with Crippen LogP contribution in [0.1, 0.15) is 24.2 Å². The van der Waals surface area contributed by atoms with Gasteiger partial charge in [0.25, 0.3) is 0 Å². The quantitative estimate of drug-likeness (QED) is 0.770. The smallest absolute Gasteiger partial charge is 0.150 e. The molecule has 0 aromatic heterocycles. The van der Waals surface area contributed by atoms with E-state index in [-0.39, 0.29) is 6.61 Å². The fourth-order valence-electron chi connectivity index (χ4n) is 1.09. The molecule has 15 heavy (non-hydrogen) atoms. The number of rotatable bonds is 4. The van der Waals surface area contributed by atoms with Crippen LogP contribution in [-0.2, 0) is 0 Å². The molecule has 0 saturated carbocycles. The Morgan fingerprint density at radius 3 is 2.20 bits per heavy atom. The average molecular weight is 209 g/mol. The Kier molecular flexibility index (Phi) is 7.28. The van der Waals surface area contributed by atoms with E-state index in [0.717, 1.165) is 12.0 Å². The standard InChI is InChI=1S/C10H13NO2.C2H6/c1-11(6-7-12)10-4-2-9(8-13)3-5-10;1-2/h2-5,8,12H,6-7H2,1H3;1-2H3. The molecule has 1 rings (SSSR count). The number of carbonyl (C=O) groups is 1. The van der Waals surface area contributed by atoms with Crippen molar-refractivity contribution in [3.05, 3.63) is 29.8 Å². The van der Waals surface area contributed by atoms with E-state index in [1.807, 2.05) is 37.9 Å². The maximum atomic E-state index is 10.4. The molecule has 0 aliphatic heterocycles. The molecule has 0 fully saturated rings. The lowest BCUT2D eigenvalue weighted by atomic mass is 10.2. The van der Waals surface area contributed by atoms with Crippen molar-refractivity contribution in [2.24, 2.45) is 0 Å². The molecule has 3 nitrogen and oxygen atoms in total. The van der Waals surface area contributed by atoms with E-state index in [0.29, 0.717) is 12.1 Å². The molecule has 0 bridgehead atoms. The van der Waals surface area contributed by atoms with Crippen molar-refractivity contribution in [3.63, 3.8) is 0 Å². The molecule has 0 atom stereocenters. The van der Waals surface area contributed by atoms with Gasteiger partial charge in [0.15, 0.2) is 0 Å². The number of carbonyl (C=O) groups excluding carboxylic acids is 1. The Hall–Kier alpha value is -1.35. The van der Waals surface area contributed by atoms with Crippen LogP contribution < -0.4 is 4.90 Å². The van der Waals surface area contributed by atoms with Gasteiger partial charge < -0.3 is 10.0 Å². The van der Waals surface area contributed by atoms with Crippen molar-refractivity contribution in [1.29, 1.82) is 0 Å². The van der Waals surface area contributed by atoms with Crippen molar-refractivity contribution in [2.75, 3.05) is 25.1 Å². The van der Waals surface area contributed by atoms with E-state index < -0.39 is 0 Å². The Balaban J connectivity index is 0.000000921. The molecule has 84 valence electrons. The average Bonchev–Trinajstić information content (AvgIpc) is 2.32. The van der Waals surface area contributed by atoms with Crippen LogP contribution in [-0.4, -0.2) is 31.6 Å². The Morgan fingerprint density at radius 2 is 1.80 bits per heavy atom. The van der Waals surface area contributed by atoms with Crippen molar-refractivity contribution < 1.29 is 9.90 Å². The van der Waals surface area contributed by atoms with E-state index in [1.165, 1.54) is 0 Å². The summed E-state index contributed by atoms with van der Waals surface area (Å²) in [5.41, 5.74) is 1.67. The fourth-order valence-corrected chi connectivity index (χ4v) is 1.09. The fraction of sp³-hybridized carbons (Fsp3) is 0.417. The van der Waals surface area contributed by atoms with Crippen LogP contribution in [0.5, 0.6) is 0 Å². The molecule has 0 amide bonds. The van der Waals surface area contributed by atoms with Crippen LogP contribution in [0.25, 0.3) is 0 Å². The zero-order valence-corrected chi connectivity index (χ0v) is 9.60. The summed E-state index contributed by atoms with van der Waals surface area (Å²) in [5.74, 6) is 0. The third-order valence-corrected chi connectivity index (χ3v) is 1.91. The highest BCUT2D eigenvalue weighted by Gasteiger charge is 1.98. The number of aliphatic hydroxyl groups is 1. The van der Waals surface area contributed by atoms with Crippen LogP contribution in [0.4, 0.5) is 5.69 Å². The van der Waals surface area contributed by atoms with E-state index in [1.54, 1.807) is 12.1 Å². The summed E-state index contributed by atoms with van der Waals surface area (Å²) in [7, 11) is 1.89. The second-order valence-corrected chi connectivity index (χ2v) is 2.85. The van der Waals surface area contributed by atoms with E-state index in [9.17, 15) is 4.79 Å². The maximum Gasteiger partial charge on any atom is 0.150 e. The van der Waals surface area contributed by atoms with E-state index in [2.05, 4.69) is 0 Å². The Morgan fingerprint density at radius 1 is 1.27 bits per heavy atom. The second kappa shape index (κ2) is 8.00. The SMILES string of the molecule is CC.CN(CCO)c1ccc(C=O)cc1. The van der Waals surface area contributed by atoms with Gasteiger partial charge in [-0.3, -0.25) is 4.79 Å². The van der Waals surface area contributed by atoms with Crippen LogP contribution in [0.2, 0.25) is 0 Å². The first-order chi connectivity index (χ1) is 7.27. The van der Waals surface area contributed by atoms with Gasteiger partial charge in [-0.25, -0.2) is 0 Å². The van der Waals surface area contributed by atoms with E-state index >= 15 is 0 Å². The number of anilines is 1. The van der Waals surface area contributed by atoms with Crippen LogP contribution in [0.15, 0.2) is 24.3 Å². The van der Waals surface area contributed by atoms with Gasteiger partial charge in [-0.15, -0.1) is 0 Å². The van der Waals surface area contributed by atoms with Gasteiger partial charge in [0.1, 0.15) is 6.29 Å². The summed E-state index contributed by atoms with van der Waals surface area (Å²) in [6.45, 7) is 4.73. The second-order valence-electron chi connectivity index (χ2n) is 2.85. The van der Waals surface area contributed by atoms with Gasteiger partial charge in [-0.1, -0.05) is 13.8 Å². The Labute approximate surface area is 91.3 Å². The molecule has 1 N–H and O–H groups in total. The number of aliphatic hydroxyl groups excluding tert-OH is 1. The van der Waals surface area contributed by atoms with E-state index in [4.69, 9.17) is 5.11 Å². The normalized spacial score (nSPS) is 8.80. The molecular formula is C12H19NO2. The van der Waals surface area contributed by atoms with Gasteiger partial charge in [0.2, 0.25) is 0 Å². The third kappa shape index (κ3) is 4.61. The lowest BCUT2D eigenvalue weighted by Crippen LogP contribution is -2.20. The van der Waals surface area contributed by atoms with Crippen LogP contribution in [0, 0.1) is 0 Å². The minimum Gasteiger partial charge on any atom is -0.395 e. The summed E-state index contributed by atoms with van der Waals surface area (Å²) in [5, 5.41) is 8.70. The molecule has 1 aromatic rings. The van der Waals surface area contributed by atoms with Gasteiger partial charge >= 0.3 is 0 Å². The molecule has 0 spiro atoms. The Bertz CT molecular complexity index is 269. The lowest BCUT2D eigenvalue weighted by molar-refractivity contribution is 0.112. The summed E-state index contributed by atoms with van der Waals surface area (Å²) < 4.78 is 0. The number of hydrogen-bond acceptors (Lipinski definition) is 3. The van der Waals surface area contributed by atoms with Crippen molar-refractivity contribution in [1.82, 2.24) is 0 Å². The van der Waals surface area contributed by atoms with Gasteiger partial charge in [0, 0.05) is 24.8 Å². The molecule has 0 radical (unpaired) electrons. The molecule has 0 aliphatic rings. The van der Waals surface area contributed by atoms with Gasteiger partial charge in [-0.2, -0.15) is 0 Å². The highest BCUT2D eigenvalue weighted by atomic mass is 16.3. The van der Waals surface area contributed by atoms with Crippen LogP contribution >= 0.6 is 0 Å². The number of aldehydes is 1. The minimum absolute atomic E-state index is 0.131. The molecule has 1 aromatic carbocycles. The number of hydrogen-bond donors (Lipinski definition) is 1. The topological polar surface area (TPSA) is 40.5 Å². The first-order valence-electron chi connectivity index (χ1n) is 5.15. The minimum atomic E-state index is 0.131. The summed E-state index contributed by atoms with van der Waals surface area (Å²) >= 11 is 0. The monoisotopic (exact) mass is 209 g/mol. The number of benzene rings is 1. The first kappa shape index (κ1) is 13.7. The van der Waals surface area contributed by atoms with Crippen LogP contribution in [0.3, 0.4) is 0 Å². The number of likely N-dealkylation sites (N-methyl/N-ethyl adjacent to an activating group) is 1. The number of nitrogens with zero attached hydrogens (tertiary/aromatic N) is 1. The lowest BCUT2D eigenvalue weighted by Gasteiger charge is -2.17. The van der Waals surface area contributed by atoms with Gasteiger partial charge in [-0.05, 0) is 24.3 Å². The van der Waals surface area contributed by atoms with Gasteiger partial charge in [0.05, 0.1) is 6.61 Å². The molecule has 0 unspecified atom stereocenters. The van der Waals surface area contributed by atoms with Crippen molar-refractivity contribution in [3.8, 4) is 0 Å². The van der Waals surface area contributed by atoms with Crippen molar-refractivity contribution >= 4 is 12.0 Å². The molecule has 3 heteroatoms. The molecule has 0 heterocycles. The van der Waals surface area contributed by atoms with Crippen molar-refractivity contribution in [2.45, 2.75) is 13.8 Å². The zero-order chi connectivity index (χ0) is 11.7. The zero-order valence-electron chi connectivity index (χ0n) is 9.60. The molecular weight excluding hydrogens is 190 g/mol. The molecule has 0 saturated heterocycles. The summed E-state index contributed by atoms with van der Waals surface area (Å²) in [6.07, 6.45) is 0.815. The summed E-state index contributed by atoms with van der Waals surface area (Å²) in [4.78, 5) is 12.3. The molecule has 0 aliphatic carbocycles. The predicted molar refractivity (Wildman–Crippen MR) is 63.5 cm³/mol. The highest BCUT2D eigenvalue weighted by Crippen LogP contribution is 2.12. The third-order valence-electron chi connectivity index (χ3n) is 1.91. The highest BCUT2D eigenvalue weighted by molar-refractivity contribution is 5.75. The summed E-state index contributed by atoms with van der Waals surface area (Å²) in [6, 6.07) is 7.24. The predicted octanol–water partition coefficient (Wildman–Crippen LogP) is 1.95. The first-order valence-corrected chi connectivity index (χ1v) is 5.15. The maximum absolute atomic E-state index is 10.4. The largest absolute Gasteiger partial charge is 0.395 e.